The summed E-state index contributed by atoms with van der Waals surface area (Å²) in [6, 6.07) is 4.81. The lowest BCUT2D eigenvalue weighted by Crippen LogP contribution is -2.31. The molecule has 0 aliphatic rings. The summed E-state index contributed by atoms with van der Waals surface area (Å²) in [6.07, 6.45) is -8.75. The van der Waals surface area contributed by atoms with Crippen LogP contribution in [-0.4, -0.2) is 87.5 Å². The molecule has 0 fully saturated rings. The second kappa shape index (κ2) is 25.5. The zero-order valence-electron chi connectivity index (χ0n) is 35.8. The van der Waals surface area contributed by atoms with Crippen LogP contribution in [0.4, 0.5) is 49.1 Å². The van der Waals surface area contributed by atoms with E-state index in [-0.39, 0.29) is 108 Å². The molecular formula is C40H52F6N12O6S2. The lowest BCUT2D eigenvalue weighted by Gasteiger charge is -2.21. The van der Waals surface area contributed by atoms with E-state index in [0.29, 0.717) is 37.1 Å². The SMILES string of the molecule is COc1cc(OC)c(C(=O)Nc2cc(C(F)(F)F)cc(NC(=O)CCCCNC(=N)N)c2SCCN)cc1C(=O)Nc1cc(C(F)(F)F)cc(NC(=O)CCCCNC(=N)N)c1SCCN. The minimum atomic E-state index is -4.96. The van der Waals surface area contributed by atoms with Crippen LogP contribution in [0.2, 0.25) is 0 Å². The first kappa shape index (κ1) is 54.2. The average molecular weight is 975 g/mol. The van der Waals surface area contributed by atoms with Gasteiger partial charge in [0, 0.05) is 56.6 Å². The topological polar surface area (TPSA) is 311 Å². The third-order valence-electron chi connectivity index (χ3n) is 8.91. The van der Waals surface area contributed by atoms with E-state index in [1.807, 2.05) is 0 Å². The zero-order valence-corrected chi connectivity index (χ0v) is 37.4. The molecule has 18 nitrogen and oxygen atoms in total. The van der Waals surface area contributed by atoms with Gasteiger partial charge in [0.1, 0.15) is 11.5 Å². The number of thioether (sulfide) groups is 2. The number of hydrogen-bond acceptors (Lipinski definition) is 12. The minimum Gasteiger partial charge on any atom is -0.496 e. The lowest BCUT2D eigenvalue weighted by molar-refractivity contribution is -0.138. The van der Waals surface area contributed by atoms with Crippen molar-refractivity contribution in [2.75, 3.05) is 73.2 Å². The van der Waals surface area contributed by atoms with Gasteiger partial charge in [0.15, 0.2) is 11.9 Å². The third-order valence-corrected chi connectivity index (χ3v) is 11.2. The largest absolute Gasteiger partial charge is 0.496 e. The molecule has 0 radical (unpaired) electrons. The maximum atomic E-state index is 14.3. The monoisotopic (exact) mass is 974 g/mol. The molecule has 0 spiro atoms. The number of alkyl halides is 6. The summed E-state index contributed by atoms with van der Waals surface area (Å²) < 4.78 is 96.6. The van der Waals surface area contributed by atoms with Gasteiger partial charge in [-0.3, -0.25) is 30.0 Å². The van der Waals surface area contributed by atoms with Gasteiger partial charge in [0.05, 0.1) is 69.0 Å². The molecule has 3 aromatic carbocycles. The van der Waals surface area contributed by atoms with Crippen molar-refractivity contribution in [2.45, 2.75) is 60.7 Å². The Kier molecular flexibility index (Phi) is 21.0. The van der Waals surface area contributed by atoms with E-state index in [0.717, 1.165) is 49.9 Å². The van der Waals surface area contributed by atoms with Crippen molar-refractivity contribution >= 4 is 81.8 Å². The molecule has 0 aliphatic heterocycles. The molecule has 0 atom stereocenters. The summed E-state index contributed by atoms with van der Waals surface area (Å²) in [5, 5.41) is 29.4. The van der Waals surface area contributed by atoms with Gasteiger partial charge in [-0.25, -0.2) is 0 Å². The number of nitrogens with two attached hydrogens (primary N) is 4. The fourth-order valence-electron chi connectivity index (χ4n) is 5.92. The Hall–Kier alpha value is -6.12. The van der Waals surface area contributed by atoms with Gasteiger partial charge >= 0.3 is 12.4 Å². The Morgan fingerprint density at radius 3 is 1.23 bits per heavy atom. The van der Waals surface area contributed by atoms with E-state index in [2.05, 4.69) is 31.9 Å². The Balaban J connectivity index is 2.09. The normalized spacial score (nSPS) is 11.3. The molecule has 0 aromatic heterocycles. The van der Waals surface area contributed by atoms with Crippen LogP contribution >= 0.6 is 23.5 Å². The van der Waals surface area contributed by atoms with Crippen molar-refractivity contribution in [1.82, 2.24) is 10.6 Å². The molecular weight excluding hydrogens is 923 g/mol. The van der Waals surface area contributed by atoms with E-state index in [1.165, 1.54) is 0 Å². The van der Waals surface area contributed by atoms with E-state index < -0.39 is 69.6 Å². The predicted octanol–water partition coefficient (Wildman–Crippen LogP) is 5.53. The summed E-state index contributed by atoms with van der Waals surface area (Å²) in [6.45, 7) is 0.661. The first-order chi connectivity index (χ1) is 31.1. The number of halogens is 6. The molecule has 26 heteroatoms. The maximum absolute atomic E-state index is 14.3. The number of carbonyl (C=O) groups excluding carboxylic acids is 4. The van der Waals surface area contributed by atoms with Gasteiger partial charge in [-0.2, -0.15) is 26.3 Å². The van der Waals surface area contributed by atoms with Gasteiger partial charge < -0.3 is 64.3 Å². The summed E-state index contributed by atoms with van der Waals surface area (Å²) >= 11 is 1.88. The highest BCUT2D eigenvalue weighted by atomic mass is 32.2. The number of hydrogen-bond donors (Lipinski definition) is 12. The lowest BCUT2D eigenvalue weighted by atomic mass is 10.1. The molecule has 3 aromatic rings. The second-order valence-electron chi connectivity index (χ2n) is 13.9. The molecule has 0 aliphatic carbocycles. The van der Waals surface area contributed by atoms with E-state index in [1.54, 1.807) is 0 Å². The molecule has 0 saturated carbocycles. The third kappa shape index (κ3) is 16.7. The number of carbonyl (C=O) groups is 4. The van der Waals surface area contributed by atoms with Crippen molar-refractivity contribution in [3.63, 3.8) is 0 Å². The van der Waals surface area contributed by atoms with Crippen molar-refractivity contribution in [3.8, 4) is 11.5 Å². The van der Waals surface area contributed by atoms with Crippen LogP contribution in [-0.2, 0) is 21.9 Å². The van der Waals surface area contributed by atoms with Crippen LogP contribution in [0.5, 0.6) is 11.5 Å². The number of anilines is 4. The minimum absolute atomic E-state index is 0.0128. The predicted molar refractivity (Wildman–Crippen MR) is 243 cm³/mol. The average Bonchev–Trinajstić information content (AvgIpc) is 3.23. The van der Waals surface area contributed by atoms with E-state index in [4.69, 9.17) is 43.2 Å². The number of unbranched alkanes of at least 4 members (excludes halogenated alkanes) is 2. The molecule has 0 saturated heterocycles. The van der Waals surface area contributed by atoms with Crippen molar-refractivity contribution in [1.29, 1.82) is 10.8 Å². The van der Waals surface area contributed by atoms with Crippen LogP contribution in [0, 0.1) is 10.8 Å². The molecule has 0 bridgehead atoms. The highest BCUT2D eigenvalue weighted by Gasteiger charge is 2.35. The molecule has 66 heavy (non-hydrogen) atoms. The Morgan fingerprint density at radius 1 is 0.576 bits per heavy atom. The van der Waals surface area contributed by atoms with Crippen LogP contribution in [0.3, 0.4) is 0 Å². The fourth-order valence-corrected chi connectivity index (χ4v) is 7.62. The summed E-state index contributed by atoms with van der Waals surface area (Å²) in [4.78, 5) is 54.2. The molecule has 16 N–H and O–H groups in total. The number of rotatable bonds is 24. The number of guanidine groups is 2. The smallest absolute Gasteiger partial charge is 0.416 e. The van der Waals surface area contributed by atoms with Gasteiger partial charge in [-0.1, -0.05) is 0 Å². The first-order valence-electron chi connectivity index (χ1n) is 19.9. The molecule has 0 unspecified atom stereocenters. The van der Waals surface area contributed by atoms with Crippen LogP contribution in [0.15, 0.2) is 46.2 Å². The summed E-state index contributed by atoms with van der Waals surface area (Å²) in [5.41, 5.74) is 17.3. The fraction of sp³-hybridized carbons (Fsp3) is 0.400. The van der Waals surface area contributed by atoms with Crippen LogP contribution < -0.4 is 64.3 Å². The van der Waals surface area contributed by atoms with Crippen LogP contribution in [0.25, 0.3) is 0 Å². The molecule has 3 rings (SSSR count). The van der Waals surface area contributed by atoms with Crippen molar-refractivity contribution in [2.24, 2.45) is 22.9 Å². The number of nitrogens with one attached hydrogen (secondary N) is 8. The Labute approximate surface area is 384 Å². The van der Waals surface area contributed by atoms with Gasteiger partial charge in [-0.15, -0.1) is 23.5 Å². The standard InChI is InChI=1S/C40H52F6N12O6S2/c1-63-29-20-30(64-2)24(36(62)58-28-18-22(40(44,45)46)16-26(34(28)66-14-10-48)56-32(60)8-4-6-12-54-38(51)52)19-23(29)35(61)57-27-17-21(39(41,42)43)15-25(33(27)65-13-9-47)55-31(59)7-3-5-11-53-37(49)50/h15-20H,3-14,47-48H2,1-2H3,(H,55,59)(H,56,60)(H,57,61)(H,58,62)(H4,49,50,53)(H4,51,52,54). The number of ether oxygens (including phenoxy) is 2. The molecule has 0 heterocycles. The molecule has 4 amide bonds. The maximum Gasteiger partial charge on any atom is 0.416 e. The van der Waals surface area contributed by atoms with Crippen molar-refractivity contribution in [3.05, 3.63) is 58.7 Å². The zero-order chi connectivity index (χ0) is 49.2. The molecule has 362 valence electrons. The van der Waals surface area contributed by atoms with Crippen LogP contribution in [0.1, 0.15) is 70.4 Å². The van der Waals surface area contributed by atoms with Gasteiger partial charge in [0.25, 0.3) is 11.8 Å². The summed E-state index contributed by atoms with van der Waals surface area (Å²) in [5.74, 6) is -4.22. The number of amides is 4. The van der Waals surface area contributed by atoms with Crippen molar-refractivity contribution < 1.29 is 55.0 Å². The highest BCUT2D eigenvalue weighted by molar-refractivity contribution is 7.99. The first-order valence-corrected chi connectivity index (χ1v) is 21.9. The van der Waals surface area contributed by atoms with Gasteiger partial charge in [-0.05, 0) is 56.0 Å². The summed E-state index contributed by atoms with van der Waals surface area (Å²) in [7, 11) is 2.31. The number of benzene rings is 3. The quantitative estimate of drug-likeness (QED) is 0.0173. The Morgan fingerprint density at radius 2 is 0.924 bits per heavy atom. The van der Waals surface area contributed by atoms with E-state index in [9.17, 15) is 45.5 Å². The highest BCUT2D eigenvalue weighted by Crippen LogP contribution is 2.43. The number of methoxy groups -OCH3 is 2. The second-order valence-corrected chi connectivity index (χ2v) is 16.1. The van der Waals surface area contributed by atoms with Gasteiger partial charge in [0.2, 0.25) is 11.8 Å². The Bertz CT molecular complexity index is 2080. The van der Waals surface area contributed by atoms with E-state index >= 15 is 0 Å².